The van der Waals surface area contributed by atoms with Crippen LogP contribution in [0.15, 0.2) is 60.7 Å². The van der Waals surface area contributed by atoms with E-state index in [0.29, 0.717) is 13.1 Å². The molecule has 0 radical (unpaired) electrons. The first-order chi connectivity index (χ1) is 14.1. The van der Waals surface area contributed by atoms with Crippen molar-refractivity contribution in [2.75, 3.05) is 27.2 Å². The Morgan fingerprint density at radius 1 is 1.07 bits per heavy atom. The lowest BCUT2D eigenvalue weighted by molar-refractivity contribution is 0.232. The van der Waals surface area contributed by atoms with Gasteiger partial charge in [0.2, 0.25) is 0 Å². The van der Waals surface area contributed by atoms with Gasteiger partial charge in [-0.25, -0.2) is 4.79 Å². The van der Waals surface area contributed by atoms with Crippen LogP contribution in [0.5, 0.6) is 5.75 Å². The molecule has 1 aliphatic heterocycles. The molecule has 5 heteroatoms. The van der Waals surface area contributed by atoms with Gasteiger partial charge in [0.1, 0.15) is 5.75 Å². The van der Waals surface area contributed by atoms with Crippen molar-refractivity contribution in [3.8, 4) is 5.75 Å². The fraction of sp³-hybridized carbons (Fsp3) is 0.292. The summed E-state index contributed by atoms with van der Waals surface area (Å²) in [6.07, 6.45) is 0.947. The number of nitrogens with zero attached hydrogens (tertiary/aromatic N) is 1. The molecule has 5 nitrogen and oxygen atoms in total. The fourth-order valence-electron chi connectivity index (χ4n) is 3.89. The van der Waals surface area contributed by atoms with Gasteiger partial charge in [-0.15, -0.1) is 0 Å². The first-order valence-electron chi connectivity index (χ1n) is 10.0. The largest absolute Gasteiger partial charge is 0.493 e. The van der Waals surface area contributed by atoms with Crippen LogP contribution >= 0.6 is 0 Å². The van der Waals surface area contributed by atoms with Crippen LogP contribution in [-0.2, 0) is 13.0 Å². The Morgan fingerprint density at radius 2 is 1.90 bits per heavy atom. The van der Waals surface area contributed by atoms with Crippen molar-refractivity contribution in [3.63, 3.8) is 0 Å². The quantitative estimate of drug-likeness (QED) is 0.673. The number of carbonyl (C=O) groups excluding carboxylic acids is 1. The van der Waals surface area contributed by atoms with Gasteiger partial charge in [0, 0.05) is 19.5 Å². The molecule has 0 saturated heterocycles. The highest BCUT2D eigenvalue weighted by Crippen LogP contribution is 2.29. The van der Waals surface area contributed by atoms with Gasteiger partial charge in [-0.05, 0) is 47.6 Å². The lowest BCUT2D eigenvalue weighted by atomic mass is 10.0. The summed E-state index contributed by atoms with van der Waals surface area (Å²) in [5, 5.41) is 8.36. The molecular weight excluding hydrogens is 362 g/mol. The number of amides is 2. The van der Waals surface area contributed by atoms with Gasteiger partial charge < -0.3 is 20.3 Å². The molecule has 3 aromatic rings. The Bertz CT molecular complexity index is 1010. The molecule has 1 atom stereocenters. The number of benzene rings is 3. The monoisotopic (exact) mass is 389 g/mol. The molecule has 0 saturated carbocycles. The third kappa shape index (κ3) is 4.35. The molecule has 3 aromatic carbocycles. The summed E-state index contributed by atoms with van der Waals surface area (Å²) >= 11 is 0. The van der Waals surface area contributed by atoms with E-state index in [1.165, 1.54) is 21.9 Å². The second-order valence-electron chi connectivity index (χ2n) is 7.65. The van der Waals surface area contributed by atoms with E-state index >= 15 is 0 Å². The molecular formula is C24H27N3O2. The number of ether oxygens (including phenoxy) is 1. The Kier molecular flexibility index (Phi) is 5.67. The van der Waals surface area contributed by atoms with E-state index in [-0.39, 0.29) is 12.1 Å². The van der Waals surface area contributed by atoms with Crippen LogP contribution in [0.3, 0.4) is 0 Å². The minimum absolute atomic E-state index is 0.101. The smallest absolute Gasteiger partial charge is 0.315 e. The van der Waals surface area contributed by atoms with Crippen LogP contribution in [0.4, 0.5) is 4.79 Å². The van der Waals surface area contributed by atoms with Gasteiger partial charge in [-0.3, -0.25) is 0 Å². The van der Waals surface area contributed by atoms with Crippen LogP contribution < -0.4 is 15.4 Å². The molecule has 1 heterocycles. The van der Waals surface area contributed by atoms with Crippen LogP contribution in [0.1, 0.15) is 22.7 Å². The molecule has 0 spiro atoms. The van der Waals surface area contributed by atoms with E-state index in [2.05, 4.69) is 51.9 Å². The third-order valence-corrected chi connectivity index (χ3v) is 5.50. The zero-order chi connectivity index (χ0) is 20.2. The van der Waals surface area contributed by atoms with Gasteiger partial charge in [0.25, 0.3) is 0 Å². The highest BCUT2D eigenvalue weighted by atomic mass is 16.5. The summed E-state index contributed by atoms with van der Waals surface area (Å²) in [6, 6.07) is 20.7. The summed E-state index contributed by atoms with van der Waals surface area (Å²) in [4.78, 5) is 14.6. The van der Waals surface area contributed by atoms with Crippen LogP contribution in [0.25, 0.3) is 10.8 Å². The average molecular weight is 389 g/mol. The van der Waals surface area contributed by atoms with Crippen molar-refractivity contribution < 1.29 is 9.53 Å². The van der Waals surface area contributed by atoms with E-state index < -0.39 is 0 Å². The van der Waals surface area contributed by atoms with Gasteiger partial charge in [0.15, 0.2) is 0 Å². The number of urea groups is 1. The minimum atomic E-state index is -0.158. The van der Waals surface area contributed by atoms with E-state index in [4.69, 9.17) is 4.74 Å². The molecule has 2 amide bonds. The maximum absolute atomic E-state index is 12.4. The van der Waals surface area contributed by atoms with E-state index in [1.54, 1.807) is 0 Å². The van der Waals surface area contributed by atoms with Crippen molar-refractivity contribution >= 4 is 16.8 Å². The third-order valence-electron chi connectivity index (χ3n) is 5.50. The SMILES string of the molecule is CN(C)C(CNC(=O)NCc1cccc2ccccc12)c1ccc2c(c1)CCO2. The Labute approximate surface area is 171 Å². The fourth-order valence-corrected chi connectivity index (χ4v) is 3.89. The summed E-state index contributed by atoms with van der Waals surface area (Å²) in [5.41, 5.74) is 3.55. The Hall–Kier alpha value is -3.05. The molecule has 0 fully saturated rings. The van der Waals surface area contributed by atoms with E-state index in [1.807, 2.05) is 38.4 Å². The second-order valence-corrected chi connectivity index (χ2v) is 7.65. The maximum Gasteiger partial charge on any atom is 0.315 e. The lowest BCUT2D eigenvalue weighted by Gasteiger charge is -2.25. The van der Waals surface area contributed by atoms with Crippen molar-refractivity contribution in [1.82, 2.24) is 15.5 Å². The highest BCUT2D eigenvalue weighted by molar-refractivity contribution is 5.86. The molecule has 4 rings (SSSR count). The second kappa shape index (κ2) is 8.53. The number of carbonyl (C=O) groups is 1. The number of rotatable bonds is 6. The van der Waals surface area contributed by atoms with Crippen LogP contribution in [-0.4, -0.2) is 38.2 Å². The predicted octanol–water partition coefficient (Wildman–Crippen LogP) is 3.88. The minimum Gasteiger partial charge on any atom is -0.493 e. The first kappa shape index (κ1) is 19.3. The normalized spacial score (nSPS) is 13.8. The Balaban J connectivity index is 1.37. The topological polar surface area (TPSA) is 53.6 Å². The molecule has 1 unspecified atom stereocenters. The van der Waals surface area contributed by atoms with Crippen molar-refractivity contribution in [2.45, 2.75) is 19.0 Å². The predicted molar refractivity (Wildman–Crippen MR) is 116 cm³/mol. The van der Waals surface area contributed by atoms with Gasteiger partial charge in [-0.2, -0.15) is 0 Å². The summed E-state index contributed by atoms with van der Waals surface area (Å²) < 4.78 is 5.60. The maximum atomic E-state index is 12.4. The molecule has 2 N–H and O–H groups in total. The molecule has 0 bridgehead atoms. The molecule has 0 aromatic heterocycles. The Morgan fingerprint density at radius 3 is 2.76 bits per heavy atom. The molecule has 150 valence electrons. The van der Waals surface area contributed by atoms with Crippen molar-refractivity contribution in [2.24, 2.45) is 0 Å². The number of fused-ring (bicyclic) bond motifs is 2. The van der Waals surface area contributed by atoms with Gasteiger partial charge >= 0.3 is 6.03 Å². The van der Waals surface area contributed by atoms with Crippen LogP contribution in [0.2, 0.25) is 0 Å². The number of hydrogen-bond donors (Lipinski definition) is 2. The number of likely N-dealkylation sites (N-methyl/N-ethyl adjacent to an activating group) is 1. The van der Waals surface area contributed by atoms with Crippen molar-refractivity contribution in [3.05, 3.63) is 77.4 Å². The number of nitrogens with one attached hydrogen (secondary N) is 2. The zero-order valence-electron chi connectivity index (χ0n) is 16.9. The summed E-state index contributed by atoms with van der Waals surface area (Å²) in [7, 11) is 4.06. The molecule has 29 heavy (non-hydrogen) atoms. The summed E-state index contributed by atoms with van der Waals surface area (Å²) in [6.45, 7) is 1.78. The van der Waals surface area contributed by atoms with Crippen molar-refractivity contribution in [1.29, 1.82) is 0 Å². The first-order valence-corrected chi connectivity index (χ1v) is 10.0. The standard InChI is InChI=1S/C24H27N3O2/c1-27(2)22(18-10-11-23-19(14-18)12-13-29-23)16-26-24(28)25-15-20-8-5-7-17-6-3-4-9-21(17)20/h3-11,14,22H,12-13,15-16H2,1-2H3,(H2,25,26,28). The molecule has 0 aliphatic carbocycles. The average Bonchev–Trinajstić information content (AvgIpc) is 3.20. The van der Waals surface area contributed by atoms with E-state index in [0.717, 1.165) is 24.3 Å². The van der Waals surface area contributed by atoms with Gasteiger partial charge in [0.05, 0.1) is 12.6 Å². The lowest BCUT2D eigenvalue weighted by Crippen LogP contribution is -2.40. The zero-order valence-corrected chi connectivity index (χ0v) is 16.9. The number of hydrogen-bond acceptors (Lipinski definition) is 3. The van der Waals surface area contributed by atoms with E-state index in [9.17, 15) is 4.79 Å². The highest BCUT2D eigenvalue weighted by Gasteiger charge is 2.19. The summed E-state index contributed by atoms with van der Waals surface area (Å²) in [5.74, 6) is 0.979. The van der Waals surface area contributed by atoms with Gasteiger partial charge in [-0.1, -0.05) is 54.6 Å². The van der Waals surface area contributed by atoms with Crippen LogP contribution in [0, 0.1) is 0 Å². The molecule has 1 aliphatic rings.